The Hall–Kier alpha value is -2.91. The van der Waals surface area contributed by atoms with Crippen LogP contribution in [-0.4, -0.2) is 64.8 Å². The first-order chi connectivity index (χ1) is 15.3. The summed E-state index contributed by atoms with van der Waals surface area (Å²) in [5.74, 6) is -1.41. The molecule has 0 bridgehead atoms. The lowest BCUT2D eigenvalue weighted by Gasteiger charge is -2.41. The first-order valence-electron chi connectivity index (χ1n) is 10.1. The molecule has 2 aromatic carbocycles. The third-order valence-electron chi connectivity index (χ3n) is 5.86. The van der Waals surface area contributed by atoms with Crippen LogP contribution in [0.5, 0.6) is 0 Å². The molecule has 1 aliphatic heterocycles. The van der Waals surface area contributed by atoms with Crippen molar-refractivity contribution in [2.24, 2.45) is 0 Å². The van der Waals surface area contributed by atoms with Crippen LogP contribution in [0.3, 0.4) is 0 Å². The molecule has 0 radical (unpaired) electrons. The topological polar surface area (TPSA) is 107 Å². The summed E-state index contributed by atoms with van der Waals surface area (Å²) in [5.41, 5.74) is 3.98. The molecule has 0 aliphatic carbocycles. The highest BCUT2D eigenvalue weighted by Gasteiger charge is 2.32. The van der Waals surface area contributed by atoms with E-state index in [2.05, 4.69) is 20.8 Å². The molecule has 1 unspecified atom stereocenters. The van der Waals surface area contributed by atoms with E-state index in [1.807, 2.05) is 13.0 Å². The van der Waals surface area contributed by atoms with E-state index in [-0.39, 0.29) is 18.2 Å². The van der Waals surface area contributed by atoms with Crippen molar-refractivity contribution >= 4 is 34.0 Å². The van der Waals surface area contributed by atoms with Gasteiger partial charge in [0.2, 0.25) is 0 Å². The van der Waals surface area contributed by atoms with Crippen molar-refractivity contribution in [1.82, 2.24) is 9.80 Å². The van der Waals surface area contributed by atoms with Gasteiger partial charge in [-0.1, -0.05) is 34.1 Å². The Labute approximate surface area is 194 Å². The second-order valence-corrected chi connectivity index (χ2v) is 8.21. The van der Waals surface area contributed by atoms with Crippen molar-refractivity contribution in [1.29, 1.82) is 0 Å². The molecule has 1 heterocycles. The standard InChI is InChI=1S/C23H25BrN2O6/c1-14-17(6-7-18(21(27)28)19(14)11-24)20-13-26(23(30)31)9-8-25(20)12-15-4-3-5-16(10-15)22(29)32-2/h3-7,10,20H,8-9,11-13H2,1-2H3,(H,27,28)(H,30,31). The number of carbonyl (C=O) groups is 3. The van der Waals surface area contributed by atoms with E-state index >= 15 is 0 Å². The number of carbonyl (C=O) groups excluding carboxylic acids is 1. The van der Waals surface area contributed by atoms with Gasteiger partial charge < -0.3 is 19.8 Å². The van der Waals surface area contributed by atoms with Crippen molar-refractivity contribution in [3.63, 3.8) is 0 Å². The number of carboxylic acid groups (broad SMARTS) is 2. The summed E-state index contributed by atoms with van der Waals surface area (Å²) >= 11 is 3.39. The molecular formula is C23H25BrN2O6. The van der Waals surface area contributed by atoms with Crippen molar-refractivity contribution in [3.05, 3.63) is 69.8 Å². The van der Waals surface area contributed by atoms with Crippen LogP contribution in [0, 0.1) is 6.92 Å². The number of rotatable bonds is 6. The van der Waals surface area contributed by atoms with Gasteiger partial charge in [-0.25, -0.2) is 14.4 Å². The van der Waals surface area contributed by atoms with E-state index < -0.39 is 18.0 Å². The van der Waals surface area contributed by atoms with Crippen LogP contribution in [0.1, 0.15) is 49.0 Å². The predicted octanol–water partition coefficient (Wildman–Crippen LogP) is 3.91. The molecule has 0 aromatic heterocycles. The number of carboxylic acids is 1. The van der Waals surface area contributed by atoms with Crippen LogP contribution in [0.25, 0.3) is 0 Å². The summed E-state index contributed by atoms with van der Waals surface area (Å²) in [4.78, 5) is 38.7. The Balaban J connectivity index is 1.99. The van der Waals surface area contributed by atoms with Gasteiger partial charge >= 0.3 is 18.0 Å². The van der Waals surface area contributed by atoms with Crippen molar-refractivity contribution in [2.75, 3.05) is 26.7 Å². The van der Waals surface area contributed by atoms with Crippen LogP contribution >= 0.6 is 15.9 Å². The zero-order valence-corrected chi connectivity index (χ0v) is 19.5. The normalized spacial score (nSPS) is 16.6. The van der Waals surface area contributed by atoms with E-state index in [9.17, 15) is 24.6 Å². The van der Waals surface area contributed by atoms with Gasteiger partial charge in [-0.05, 0) is 47.4 Å². The lowest BCUT2D eigenvalue weighted by Crippen LogP contribution is -2.49. The van der Waals surface area contributed by atoms with Crippen LogP contribution < -0.4 is 0 Å². The smallest absolute Gasteiger partial charge is 0.407 e. The molecule has 2 aromatic rings. The molecule has 1 aliphatic rings. The van der Waals surface area contributed by atoms with Crippen LogP contribution in [0.2, 0.25) is 0 Å². The lowest BCUT2D eigenvalue weighted by atomic mass is 9.91. The number of amides is 1. The van der Waals surface area contributed by atoms with Gasteiger partial charge in [-0.15, -0.1) is 0 Å². The summed E-state index contributed by atoms with van der Waals surface area (Å²) in [6.07, 6.45) is -0.983. The minimum Gasteiger partial charge on any atom is -0.478 e. The highest BCUT2D eigenvalue weighted by molar-refractivity contribution is 9.08. The third kappa shape index (κ3) is 4.94. The number of ether oxygens (including phenoxy) is 1. The van der Waals surface area contributed by atoms with Gasteiger partial charge in [0.1, 0.15) is 0 Å². The molecule has 1 atom stereocenters. The number of esters is 1. The zero-order chi connectivity index (χ0) is 23.4. The van der Waals surface area contributed by atoms with Gasteiger partial charge in [0.05, 0.1) is 24.3 Å². The minimum absolute atomic E-state index is 0.228. The second kappa shape index (κ2) is 10.1. The number of aromatic carboxylic acids is 1. The Morgan fingerprint density at radius 2 is 1.91 bits per heavy atom. The molecule has 32 heavy (non-hydrogen) atoms. The van der Waals surface area contributed by atoms with Crippen LogP contribution in [0.4, 0.5) is 4.79 Å². The predicted molar refractivity (Wildman–Crippen MR) is 121 cm³/mol. The summed E-state index contributed by atoms with van der Waals surface area (Å²) < 4.78 is 4.81. The first kappa shape index (κ1) is 23.7. The quantitative estimate of drug-likeness (QED) is 0.453. The molecular weight excluding hydrogens is 480 g/mol. The molecule has 0 saturated carbocycles. The number of halogens is 1. The maximum absolute atomic E-state index is 11.9. The van der Waals surface area contributed by atoms with E-state index in [0.717, 1.165) is 16.7 Å². The highest BCUT2D eigenvalue weighted by Crippen LogP contribution is 2.33. The molecule has 3 rings (SSSR count). The fourth-order valence-electron chi connectivity index (χ4n) is 4.14. The Bertz CT molecular complexity index is 1040. The average molecular weight is 505 g/mol. The Kier molecular flexibility index (Phi) is 7.52. The fraction of sp³-hybridized carbons (Fsp3) is 0.348. The summed E-state index contributed by atoms with van der Waals surface area (Å²) in [6.45, 7) is 3.51. The van der Waals surface area contributed by atoms with Gasteiger partial charge in [0, 0.05) is 31.5 Å². The van der Waals surface area contributed by atoms with E-state index in [1.54, 1.807) is 30.3 Å². The summed E-state index contributed by atoms with van der Waals surface area (Å²) in [6, 6.07) is 10.3. The van der Waals surface area contributed by atoms with Crippen molar-refractivity contribution in [3.8, 4) is 0 Å². The second-order valence-electron chi connectivity index (χ2n) is 7.65. The van der Waals surface area contributed by atoms with Gasteiger partial charge in [-0.3, -0.25) is 4.90 Å². The zero-order valence-electron chi connectivity index (χ0n) is 17.9. The number of hydrogen-bond donors (Lipinski definition) is 2. The molecule has 1 saturated heterocycles. The lowest BCUT2D eigenvalue weighted by molar-refractivity contribution is 0.0593. The van der Waals surface area contributed by atoms with Gasteiger partial charge in [-0.2, -0.15) is 0 Å². The van der Waals surface area contributed by atoms with E-state index in [4.69, 9.17) is 4.74 Å². The van der Waals surface area contributed by atoms with Gasteiger partial charge in [0.15, 0.2) is 0 Å². The number of piperazine rings is 1. The van der Waals surface area contributed by atoms with Gasteiger partial charge in [0.25, 0.3) is 0 Å². The number of nitrogens with zero attached hydrogens (tertiary/aromatic N) is 2. The molecule has 1 fully saturated rings. The van der Waals surface area contributed by atoms with Crippen molar-refractivity contribution in [2.45, 2.75) is 24.8 Å². The molecule has 2 N–H and O–H groups in total. The molecule has 9 heteroatoms. The van der Waals surface area contributed by atoms with Crippen LogP contribution in [-0.2, 0) is 16.6 Å². The summed E-state index contributed by atoms with van der Waals surface area (Å²) in [7, 11) is 1.33. The Morgan fingerprint density at radius 3 is 2.53 bits per heavy atom. The average Bonchev–Trinajstić information content (AvgIpc) is 2.78. The number of benzene rings is 2. The SMILES string of the molecule is COC(=O)c1cccc(CN2CCN(C(=O)O)CC2c2ccc(C(=O)O)c(CBr)c2C)c1. The van der Waals surface area contributed by atoms with Crippen molar-refractivity contribution < 1.29 is 29.3 Å². The molecule has 0 spiro atoms. The third-order valence-corrected chi connectivity index (χ3v) is 6.42. The number of alkyl halides is 1. The minimum atomic E-state index is -0.999. The first-order valence-corrected chi connectivity index (χ1v) is 11.2. The molecule has 8 nitrogen and oxygen atoms in total. The maximum atomic E-state index is 11.9. The van der Waals surface area contributed by atoms with E-state index in [0.29, 0.717) is 36.1 Å². The molecule has 170 valence electrons. The molecule has 1 amide bonds. The largest absolute Gasteiger partial charge is 0.478 e. The summed E-state index contributed by atoms with van der Waals surface area (Å²) in [5, 5.41) is 19.5. The highest BCUT2D eigenvalue weighted by atomic mass is 79.9. The maximum Gasteiger partial charge on any atom is 0.407 e. The Morgan fingerprint density at radius 1 is 1.16 bits per heavy atom. The monoisotopic (exact) mass is 504 g/mol. The fourth-order valence-corrected chi connectivity index (χ4v) is 4.86. The number of methoxy groups -OCH3 is 1. The van der Waals surface area contributed by atoms with E-state index in [1.165, 1.54) is 12.0 Å². The number of hydrogen-bond acceptors (Lipinski definition) is 5. The van der Waals surface area contributed by atoms with Crippen LogP contribution in [0.15, 0.2) is 36.4 Å².